The van der Waals surface area contributed by atoms with Crippen LogP contribution in [0.25, 0.3) is 0 Å². The molecule has 0 atom stereocenters. The predicted molar refractivity (Wildman–Crippen MR) is 86.9 cm³/mol. The van der Waals surface area contributed by atoms with E-state index in [1.165, 1.54) is 0 Å². The van der Waals surface area contributed by atoms with Gasteiger partial charge in [0.05, 0.1) is 6.54 Å². The van der Waals surface area contributed by atoms with Crippen molar-refractivity contribution >= 4 is 17.5 Å². The Bertz CT molecular complexity index is 475. The highest BCUT2D eigenvalue weighted by atomic mass is 16.2. The maximum Gasteiger partial charge on any atom is 0.239 e. The molecule has 1 rings (SSSR count). The molecular formula is C15H27N5O. The molecule has 0 aliphatic rings. The van der Waals surface area contributed by atoms with Gasteiger partial charge in [-0.15, -0.1) is 0 Å². The van der Waals surface area contributed by atoms with E-state index in [-0.39, 0.29) is 5.91 Å². The van der Waals surface area contributed by atoms with Crippen molar-refractivity contribution in [1.29, 1.82) is 0 Å². The molecule has 0 saturated carbocycles. The van der Waals surface area contributed by atoms with E-state index in [9.17, 15) is 4.79 Å². The molecule has 0 fully saturated rings. The van der Waals surface area contributed by atoms with E-state index in [1.54, 1.807) is 0 Å². The maximum absolute atomic E-state index is 11.8. The van der Waals surface area contributed by atoms with Gasteiger partial charge < -0.3 is 15.5 Å². The molecule has 1 heterocycles. The first kappa shape index (κ1) is 17.2. The monoisotopic (exact) mass is 293 g/mol. The first-order chi connectivity index (χ1) is 10.0. The van der Waals surface area contributed by atoms with Crippen LogP contribution in [-0.2, 0) is 4.79 Å². The lowest BCUT2D eigenvalue weighted by Gasteiger charge is -2.24. The number of aryl methyl sites for hydroxylation is 1. The van der Waals surface area contributed by atoms with Crippen LogP contribution in [0, 0.1) is 13.8 Å². The number of anilines is 2. The Morgan fingerprint density at radius 3 is 2.48 bits per heavy atom. The van der Waals surface area contributed by atoms with Gasteiger partial charge in [0.15, 0.2) is 0 Å². The van der Waals surface area contributed by atoms with E-state index in [0.29, 0.717) is 18.9 Å². The predicted octanol–water partition coefficient (Wildman–Crippen LogP) is 1.88. The molecular weight excluding hydrogens is 266 g/mol. The number of hydrogen-bond donors (Lipinski definition) is 2. The molecule has 2 N–H and O–H groups in total. The van der Waals surface area contributed by atoms with Crippen LogP contribution in [0.2, 0.25) is 0 Å². The smallest absolute Gasteiger partial charge is 0.239 e. The van der Waals surface area contributed by atoms with Gasteiger partial charge >= 0.3 is 0 Å². The van der Waals surface area contributed by atoms with Crippen LogP contribution < -0.4 is 15.5 Å². The molecule has 1 aromatic rings. The van der Waals surface area contributed by atoms with E-state index in [1.807, 2.05) is 32.6 Å². The molecule has 0 aromatic carbocycles. The van der Waals surface area contributed by atoms with Gasteiger partial charge in [0.25, 0.3) is 0 Å². The summed E-state index contributed by atoms with van der Waals surface area (Å²) in [5.74, 6) is 2.41. The quantitative estimate of drug-likeness (QED) is 0.766. The lowest BCUT2D eigenvalue weighted by Crippen LogP contribution is -2.38. The first-order valence-electron chi connectivity index (χ1n) is 7.64. The summed E-state index contributed by atoms with van der Waals surface area (Å²) in [5, 5.41) is 6.15. The summed E-state index contributed by atoms with van der Waals surface area (Å²) in [4.78, 5) is 22.8. The summed E-state index contributed by atoms with van der Waals surface area (Å²) < 4.78 is 0. The minimum absolute atomic E-state index is 0.0121. The van der Waals surface area contributed by atoms with Gasteiger partial charge in [-0.2, -0.15) is 0 Å². The molecule has 0 aliphatic carbocycles. The summed E-state index contributed by atoms with van der Waals surface area (Å²) in [6.45, 7) is 12.5. The van der Waals surface area contributed by atoms with Crippen LogP contribution in [0.3, 0.4) is 0 Å². The molecule has 6 heteroatoms. The fourth-order valence-electron chi connectivity index (χ4n) is 2.10. The van der Waals surface area contributed by atoms with Gasteiger partial charge in [-0.1, -0.05) is 6.92 Å². The molecule has 118 valence electrons. The maximum atomic E-state index is 11.8. The number of nitrogens with one attached hydrogen (secondary N) is 2. The Kier molecular flexibility index (Phi) is 6.91. The standard InChI is InChI=1S/C15H27N5O/c1-6-9-17-14-11(4)15(19-12(5)18-14)20(8-3)10-13(21)16-7-2/h6-10H2,1-5H3,(H,16,21)(H,17,18,19). The number of amides is 1. The molecule has 0 radical (unpaired) electrons. The van der Waals surface area contributed by atoms with Crippen molar-refractivity contribution in [3.63, 3.8) is 0 Å². The van der Waals surface area contributed by atoms with Crippen LogP contribution in [0.5, 0.6) is 0 Å². The third kappa shape index (κ3) is 4.88. The van der Waals surface area contributed by atoms with Crippen LogP contribution in [0.1, 0.15) is 38.6 Å². The molecule has 0 aliphatic heterocycles. The summed E-state index contributed by atoms with van der Waals surface area (Å²) in [5.41, 5.74) is 0.986. The Balaban J connectivity index is 3.02. The fraction of sp³-hybridized carbons (Fsp3) is 0.667. The minimum Gasteiger partial charge on any atom is -0.370 e. The summed E-state index contributed by atoms with van der Waals surface area (Å²) in [6, 6.07) is 0. The summed E-state index contributed by atoms with van der Waals surface area (Å²) in [6.07, 6.45) is 1.04. The molecule has 1 aromatic heterocycles. The van der Waals surface area contributed by atoms with Gasteiger partial charge in [-0.25, -0.2) is 9.97 Å². The number of nitrogens with zero attached hydrogens (tertiary/aromatic N) is 3. The second-order valence-corrected chi connectivity index (χ2v) is 4.96. The Hall–Kier alpha value is -1.85. The topological polar surface area (TPSA) is 70.2 Å². The number of likely N-dealkylation sites (N-methyl/N-ethyl adjacent to an activating group) is 2. The highest BCUT2D eigenvalue weighted by molar-refractivity contribution is 5.81. The van der Waals surface area contributed by atoms with Gasteiger partial charge in [-0.3, -0.25) is 4.79 Å². The second-order valence-electron chi connectivity index (χ2n) is 4.96. The van der Waals surface area contributed by atoms with Crippen molar-refractivity contribution < 1.29 is 4.79 Å². The van der Waals surface area contributed by atoms with E-state index in [0.717, 1.165) is 36.7 Å². The Labute approximate surface area is 127 Å². The van der Waals surface area contributed by atoms with Gasteiger partial charge in [0.1, 0.15) is 17.5 Å². The normalized spacial score (nSPS) is 10.3. The molecule has 0 bridgehead atoms. The molecule has 0 spiro atoms. The first-order valence-corrected chi connectivity index (χ1v) is 7.64. The van der Waals surface area contributed by atoms with Crippen molar-refractivity contribution in [3.8, 4) is 0 Å². The van der Waals surface area contributed by atoms with Crippen molar-refractivity contribution in [3.05, 3.63) is 11.4 Å². The van der Waals surface area contributed by atoms with E-state index < -0.39 is 0 Å². The van der Waals surface area contributed by atoms with Crippen LogP contribution in [-0.4, -0.2) is 42.1 Å². The van der Waals surface area contributed by atoms with E-state index in [2.05, 4.69) is 27.5 Å². The lowest BCUT2D eigenvalue weighted by molar-refractivity contribution is -0.119. The molecule has 6 nitrogen and oxygen atoms in total. The fourth-order valence-corrected chi connectivity index (χ4v) is 2.10. The zero-order valence-corrected chi connectivity index (χ0v) is 13.8. The second kappa shape index (κ2) is 8.44. The number of carbonyl (C=O) groups excluding carboxylic acids is 1. The number of carbonyl (C=O) groups is 1. The zero-order chi connectivity index (χ0) is 15.8. The Morgan fingerprint density at radius 2 is 1.90 bits per heavy atom. The van der Waals surface area contributed by atoms with Crippen molar-refractivity contribution in [2.24, 2.45) is 0 Å². The SMILES string of the molecule is CCCNc1nc(C)nc(N(CC)CC(=O)NCC)c1C. The van der Waals surface area contributed by atoms with Crippen molar-refractivity contribution in [1.82, 2.24) is 15.3 Å². The van der Waals surface area contributed by atoms with Crippen LogP contribution >= 0.6 is 0 Å². The van der Waals surface area contributed by atoms with Crippen LogP contribution in [0.4, 0.5) is 11.6 Å². The molecule has 21 heavy (non-hydrogen) atoms. The lowest BCUT2D eigenvalue weighted by atomic mass is 10.2. The molecule has 1 amide bonds. The number of hydrogen-bond acceptors (Lipinski definition) is 5. The highest BCUT2D eigenvalue weighted by Crippen LogP contribution is 2.23. The summed E-state index contributed by atoms with van der Waals surface area (Å²) >= 11 is 0. The Morgan fingerprint density at radius 1 is 1.19 bits per heavy atom. The minimum atomic E-state index is 0.0121. The third-order valence-electron chi connectivity index (χ3n) is 3.16. The van der Waals surface area contributed by atoms with E-state index in [4.69, 9.17) is 0 Å². The van der Waals surface area contributed by atoms with Gasteiger partial charge in [0.2, 0.25) is 5.91 Å². The summed E-state index contributed by atoms with van der Waals surface area (Å²) in [7, 11) is 0. The van der Waals surface area contributed by atoms with Crippen molar-refractivity contribution in [2.45, 2.75) is 41.0 Å². The van der Waals surface area contributed by atoms with Gasteiger partial charge in [-0.05, 0) is 34.1 Å². The average molecular weight is 293 g/mol. The largest absolute Gasteiger partial charge is 0.370 e. The van der Waals surface area contributed by atoms with Crippen LogP contribution in [0.15, 0.2) is 0 Å². The third-order valence-corrected chi connectivity index (χ3v) is 3.16. The molecule has 0 unspecified atom stereocenters. The number of rotatable bonds is 8. The van der Waals surface area contributed by atoms with E-state index >= 15 is 0 Å². The van der Waals surface area contributed by atoms with Gasteiger partial charge in [0, 0.05) is 25.2 Å². The highest BCUT2D eigenvalue weighted by Gasteiger charge is 2.16. The number of aromatic nitrogens is 2. The van der Waals surface area contributed by atoms with Crippen molar-refractivity contribution in [2.75, 3.05) is 36.4 Å². The zero-order valence-electron chi connectivity index (χ0n) is 13.8. The average Bonchev–Trinajstić information content (AvgIpc) is 2.45. The molecule has 0 saturated heterocycles.